The van der Waals surface area contributed by atoms with Gasteiger partial charge in [0.1, 0.15) is 5.82 Å². The van der Waals surface area contributed by atoms with E-state index in [2.05, 4.69) is 20.1 Å². The van der Waals surface area contributed by atoms with Crippen LogP contribution in [0.15, 0.2) is 36.4 Å². The van der Waals surface area contributed by atoms with Gasteiger partial charge in [-0.3, -0.25) is 4.90 Å². The molecule has 4 rings (SSSR count). The van der Waals surface area contributed by atoms with Gasteiger partial charge in [0.2, 0.25) is 0 Å². The molecule has 0 fully saturated rings. The van der Waals surface area contributed by atoms with Crippen LogP contribution < -0.4 is 19.7 Å². The summed E-state index contributed by atoms with van der Waals surface area (Å²) < 4.78 is 12.9. The number of hydrogen-bond donors (Lipinski definition) is 1. The zero-order valence-corrected chi connectivity index (χ0v) is 20.0. The molecule has 0 spiro atoms. The molecular formula is C23H25Cl2N5O3. The first-order valence-electron chi connectivity index (χ1n) is 10.7. The second-order valence-electron chi connectivity index (χ2n) is 7.68. The van der Waals surface area contributed by atoms with Crippen LogP contribution in [0.2, 0.25) is 10.0 Å². The summed E-state index contributed by atoms with van der Waals surface area (Å²) in [5, 5.41) is 12.4. The number of carbonyl (C=O) groups excluding carboxylic acids is 1. The largest absolute Gasteiger partial charge is 0.493 e. The summed E-state index contributed by atoms with van der Waals surface area (Å²) in [6.07, 6.45) is 4.19. The zero-order chi connectivity index (χ0) is 23.4. The predicted octanol–water partition coefficient (Wildman–Crippen LogP) is 5.57. The van der Waals surface area contributed by atoms with Crippen LogP contribution in [0.5, 0.6) is 11.5 Å². The molecule has 1 aliphatic heterocycles. The molecule has 0 atom stereocenters. The van der Waals surface area contributed by atoms with E-state index in [1.54, 1.807) is 55.5 Å². The molecule has 2 aromatic carbocycles. The van der Waals surface area contributed by atoms with E-state index in [0.717, 1.165) is 43.9 Å². The van der Waals surface area contributed by atoms with Crippen molar-refractivity contribution < 1.29 is 14.3 Å². The van der Waals surface area contributed by atoms with Crippen LogP contribution in [0, 0.1) is 0 Å². The minimum Gasteiger partial charge on any atom is -0.493 e. The molecule has 8 nitrogen and oxygen atoms in total. The predicted molar refractivity (Wildman–Crippen MR) is 129 cm³/mol. The minimum atomic E-state index is -0.355. The fraction of sp³-hybridized carbons (Fsp3) is 0.348. The van der Waals surface area contributed by atoms with Crippen molar-refractivity contribution in [3.63, 3.8) is 0 Å². The Kier molecular flexibility index (Phi) is 7.25. The van der Waals surface area contributed by atoms with Gasteiger partial charge in [-0.05, 0) is 43.2 Å². The maximum Gasteiger partial charge on any atom is 0.326 e. The topological polar surface area (TPSA) is 81.5 Å². The first-order valence-corrected chi connectivity index (χ1v) is 11.4. The van der Waals surface area contributed by atoms with E-state index < -0.39 is 0 Å². The van der Waals surface area contributed by atoms with Crippen LogP contribution in [0.3, 0.4) is 0 Å². The van der Waals surface area contributed by atoms with Crippen molar-refractivity contribution in [2.75, 3.05) is 24.4 Å². The Hall–Kier alpha value is -2.97. The highest BCUT2D eigenvalue weighted by atomic mass is 35.5. The molecule has 1 aromatic heterocycles. The Bertz CT molecular complexity index is 1150. The number of rotatable bonds is 6. The number of nitrogens with zero attached hydrogens (tertiary/aromatic N) is 4. The van der Waals surface area contributed by atoms with E-state index in [1.807, 2.05) is 0 Å². The maximum atomic E-state index is 13.4. The smallest absolute Gasteiger partial charge is 0.326 e. The molecule has 3 aromatic rings. The molecule has 174 valence electrons. The molecule has 2 heterocycles. The fourth-order valence-electron chi connectivity index (χ4n) is 3.84. The molecule has 1 N–H and O–H groups in total. The number of aryl methyl sites for hydroxylation is 1. The Morgan fingerprint density at radius 2 is 1.85 bits per heavy atom. The van der Waals surface area contributed by atoms with E-state index >= 15 is 0 Å². The molecular weight excluding hydrogens is 465 g/mol. The van der Waals surface area contributed by atoms with Crippen LogP contribution in [0.25, 0.3) is 0 Å². The highest BCUT2D eigenvalue weighted by Gasteiger charge is 2.23. The van der Waals surface area contributed by atoms with Crippen molar-refractivity contribution in [2.45, 2.75) is 38.8 Å². The number of urea groups is 1. The first kappa shape index (κ1) is 23.2. The summed E-state index contributed by atoms with van der Waals surface area (Å²) in [5.74, 6) is 2.77. The van der Waals surface area contributed by atoms with E-state index in [1.165, 1.54) is 0 Å². The van der Waals surface area contributed by atoms with Gasteiger partial charge in [0.15, 0.2) is 17.3 Å². The van der Waals surface area contributed by atoms with Crippen LogP contribution in [0.4, 0.5) is 16.2 Å². The summed E-state index contributed by atoms with van der Waals surface area (Å²) in [6.45, 7) is 1.07. The first-order chi connectivity index (χ1) is 16.0. The standard InChI is InChI=1S/C23H25Cl2N5O3/c1-32-19-10-8-16(13-20(19)33-2)30(23(31)26-15-7-9-17(24)18(25)12-15)14-22-28-27-21-6-4-3-5-11-29(21)22/h7-10,12-13H,3-6,11,14H2,1-2H3,(H,26,31). The number of ether oxygens (including phenoxy) is 2. The van der Waals surface area contributed by atoms with Crippen molar-refractivity contribution in [3.8, 4) is 11.5 Å². The average molecular weight is 490 g/mol. The van der Waals surface area contributed by atoms with Crippen molar-refractivity contribution >= 4 is 40.6 Å². The van der Waals surface area contributed by atoms with Crippen LogP contribution in [-0.2, 0) is 19.5 Å². The number of hydrogen-bond acceptors (Lipinski definition) is 5. The number of halogens is 2. The van der Waals surface area contributed by atoms with Gasteiger partial charge >= 0.3 is 6.03 Å². The second-order valence-corrected chi connectivity index (χ2v) is 8.49. The zero-order valence-electron chi connectivity index (χ0n) is 18.5. The molecule has 0 bridgehead atoms. The van der Waals surface area contributed by atoms with Gasteiger partial charge in [-0.2, -0.15) is 0 Å². The Labute approximate surface area is 202 Å². The van der Waals surface area contributed by atoms with Crippen LogP contribution >= 0.6 is 23.2 Å². The third-order valence-electron chi connectivity index (χ3n) is 5.58. The van der Waals surface area contributed by atoms with E-state index in [-0.39, 0.29) is 12.6 Å². The highest BCUT2D eigenvalue weighted by Crippen LogP contribution is 2.33. The molecule has 0 saturated carbocycles. The van der Waals surface area contributed by atoms with Crippen molar-refractivity contribution in [3.05, 3.63) is 58.1 Å². The fourth-order valence-corrected chi connectivity index (χ4v) is 4.14. The average Bonchev–Trinajstić information content (AvgIpc) is 3.04. The Morgan fingerprint density at radius 3 is 2.61 bits per heavy atom. The number of aromatic nitrogens is 3. The lowest BCUT2D eigenvalue weighted by Gasteiger charge is -2.24. The Balaban J connectivity index is 1.68. The number of methoxy groups -OCH3 is 2. The minimum absolute atomic E-state index is 0.232. The van der Waals surface area contributed by atoms with Crippen molar-refractivity contribution in [1.82, 2.24) is 14.8 Å². The maximum absolute atomic E-state index is 13.4. The normalized spacial score (nSPS) is 13.1. The molecule has 10 heteroatoms. The summed E-state index contributed by atoms with van der Waals surface area (Å²) >= 11 is 12.1. The number of carbonyl (C=O) groups is 1. The molecule has 0 unspecified atom stereocenters. The number of fused-ring (bicyclic) bond motifs is 1. The lowest BCUT2D eigenvalue weighted by molar-refractivity contribution is 0.256. The van der Waals surface area contributed by atoms with Gasteiger partial charge in [0, 0.05) is 30.4 Å². The third kappa shape index (κ3) is 5.17. The molecule has 0 radical (unpaired) electrons. The lowest BCUT2D eigenvalue weighted by Crippen LogP contribution is -2.35. The summed E-state index contributed by atoms with van der Waals surface area (Å²) in [4.78, 5) is 15.0. The highest BCUT2D eigenvalue weighted by molar-refractivity contribution is 6.42. The van der Waals surface area contributed by atoms with E-state index in [0.29, 0.717) is 32.9 Å². The van der Waals surface area contributed by atoms with Gasteiger partial charge in [0.05, 0.1) is 30.8 Å². The van der Waals surface area contributed by atoms with E-state index in [4.69, 9.17) is 32.7 Å². The van der Waals surface area contributed by atoms with Crippen molar-refractivity contribution in [1.29, 1.82) is 0 Å². The van der Waals surface area contributed by atoms with Gasteiger partial charge in [0.25, 0.3) is 0 Å². The third-order valence-corrected chi connectivity index (χ3v) is 6.32. The monoisotopic (exact) mass is 489 g/mol. The molecule has 0 aliphatic carbocycles. The Morgan fingerprint density at radius 1 is 1.03 bits per heavy atom. The van der Waals surface area contributed by atoms with Crippen LogP contribution in [0.1, 0.15) is 30.9 Å². The number of benzene rings is 2. The summed E-state index contributed by atoms with van der Waals surface area (Å²) in [5.41, 5.74) is 1.15. The molecule has 0 saturated heterocycles. The van der Waals surface area contributed by atoms with Crippen molar-refractivity contribution in [2.24, 2.45) is 0 Å². The molecule has 2 amide bonds. The number of amides is 2. The quantitative estimate of drug-likeness (QED) is 0.489. The SMILES string of the molecule is COc1ccc(N(Cc2nnc3n2CCCCC3)C(=O)Nc2ccc(Cl)c(Cl)c2)cc1OC. The number of nitrogens with one attached hydrogen (secondary N) is 1. The van der Waals surface area contributed by atoms with Gasteiger partial charge in [-0.25, -0.2) is 4.79 Å². The van der Waals surface area contributed by atoms with Crippen LogP contribution in [-0.4, -0.2) is 35.0 Å². The van der Waals surface area contributed by atoms with Gasteiger partial charge in [-0.1, -0.05) is 29.6 Å². The molecule has 33 heavy (non-hydrogen) atoms. The second kappa shape index (κ2) is 10.3. The lowest BCUT2D eigenvalue weighted by atomic mass is 10.2. The summed E-state index contributed by atoms with van der Waals surface area (Å²) in [6, 6.07) is 9.91. The van der Waals surface area contributed by atoms with Gasteiger partial charge < -0.3 is 19.4 Å². The molecule has 1 aliphatic rings. The number of anilines is 2. The van der Waals surface area contributed by atoms with E-state index in [9.17, 15) is 4.79 Å². The summed E-state index contributed by atoms with van der Waals surface area (Å²) in [7, 11) is 3.12. The van der Waals surface area contributed by atoms with Gasteiger partial charge in [-0.15, -0.1) is 10.2 Å².